The van der Waals surface area contributed by atoms with Crippen LogP contribution in [0.1, 0.15) is 68.1 Å². The van der Waals surface area contributed by atoms with Crippen molar-refractivity contribution >= 4 is 5.91 Å². The molecular weight excluding hydrogens is 380 g/mol. The first-order valence-electron chi connectivity index (χ1n) is 11.6. The summed E-state index contributed by atoms with van der Waals surface area (Å²) in [5.41, 5.74) is 1.71. The Morgan fingerprint density at radius 1 is 1.20 bits per heavy atom. The van der Waals surface area contributed by atoms with Crippen molar-refractivity contribution in [2.75, 3.05) is 26.3 Å². The number of aromatic amines is 1. The molecule has 30 heavy (non-hydrogen) atoms. The van der Waals surface area contributed by atoms with Gasteiger partial charge in [0.05, 0.1) is 17.3 Å². The predicted octanol–water partition coefficient (Wildman–Crippen LogP) is 2.33. The van der Waals surface area contributed by atoms with E-state index in [0.29, 0.717) is 30.7 Å². The fourth-order valence-corrected chi connectivity index (χ4v) is 5.54. The number of rotatable bonds is 4. The first kappa shape index (κ1) is 19.9. The number of carbonyl (C=O) groups is 1. The van der Waals surface area contributed by atoms with Gasteiger partial charge in [0.15, 0.2) is 0 Å². The second-order valence-electron chi connectivity index (χ2n) is 9.16. The number of aromatic nitrogens is 2. The highest BCUT2D eigenvalue weighted by Gasteiger charge is 2.34. The Kier molecular flexibility index (Phi) is 5.74. The standard InChI is InChI=1S/C23H32N4O3/c28-21(14-16-4-1-2-5-16)27-10-3-6-20(27)22-24-19-7-11-26(15-18(19)23(29)25-22)17-8-12-30-13-9-17/h1,4,16-17,20H,2-3,5-15H2,(H,24,25,29)/t16-,20-/m1/s1. The Hall–Kier alpha value is -1.99. The lowest BCUT2D eigenvalue weighted by atomic mass is 10.0. The molecule has 162 valence electrons. The van der Waals surface area contributed by atoms with E-state index in [9.17, 15) is 9.59 Å². The summed E-state index contributed by atoms with van der Waals surface area (Å²) < 4.78 is 5.48. The first-order valence-corrected chi connectivity index (χ1v) is 11.6. The van der Waals surface area contributed by atoms with Crippen molar-refractivity contribution < 1.29 is 9.53 Å². The Morgan fingerprint density at radius 2 is 2.07 bits per heavy atom. The summed E-state index contributed by atoms with van der Waals surface area (Å²) in [6.07, 6.45) is 11.8. The third-order valence-corrected chi connectivity index (χ3v) is 7.26. The van der Waals surface area contributed by atoms with Gasteiger partial charge in [-0.15, -0.1) is 0 Å². The maximum atomic E-state index is 13.0. The largest absolute Gasteiger partial charge is 0.381 e. The number of nitrogens with one attached hydrogen (secondary N) is 1. The van der Waals surface area contributed by atoms with Gasteiger partial charge in [0, 0.05) is 51.7 Å². The molecule has 1 aromatic rings. The van der Waals surface area contributed by atoms with Crippen LogP contribution in [0.15, 0.2) is 16.9 Å². The number of H-pyrrole nitrogens is 1. The van der Waals surface area contributed by atoms with E-state index in [1.807, 2.05) is 4.90 Å². The van der Waals surface area contributed by atoms with E-state index >= 15 is 0 Å². The summed E-state index contributed by atoms with van der Waals surface area (Å²) in [4.78, 5) is 38.2. The quantitative estimate of drug-likeness (QED) is 0.768. The van der Waals surface area contributed by atoms with Crippen LogP contribution in [0.2, 0.25) is 0 Å². The zero-order chi connectivity index (χ0) is 20.5. The molecule has 7 nitrogen and oxygen atoms in total. The van der Waals surface area contributed by atoms with Crippen molar-refractivity contribution in [3.8, 4) is 0 Å². The summed E-state index contributed by atoms with van der Waals surface area (Å²) in [5.74, 6) is 1.25. The molecule has 0 radical (unpaired) electrons. The minimum atomic E-state index is -0.0885. The monoisotopic (exact) mass is 412 g/mol. The molecule has 0 aromatic carbocycles. The Bertz CT molecular complexity index is 874. The number of allylic oxidation sites excluding steroid dienone is 2. The molecule has 0 saturated carbocycles. The van der Waals surface area contributed by atoms with E-state index in [1.54, 1.807) is 0 Å². The Balaban J connectivity index is 1.32. The molecule has 1 aliphatic carbocycles. The molecule has 0 unspecified atom stereocenters. The molecule has 1 N–H and O–H groups in total. The average molecular weight is 413 g/mol. The van der Waals surface area contributed by atoms with Crippen molar-refractivity contribution in [2.45, 2.75) is 70.0 Å². The number of hydrogen-bond donors (Lipinski definition) is 1. The molecular formula is C23H32N4O3. The molecule has 5 rings (SSSR count). The molecule has 0 spiro atoms. The summed E-state index contributed by atoms with van der Waals surface area (Å²) in [6, 6.07) is 0.410. The van der Waals surface area contributed by atoms with Crippen LogP contribution in [-0.4, -0.2) is 58.0 Å². The van der Waals surface area contributed by atoms with Gasteiger partial charge in [-0.2, -0.15) is 0 Å². The molecule has 2 saturated heterocycles. The predicted molar refractivity (Wildman–Crippen MR) is 113 cm³/mol. The molecule has 3 aliphatic heterocycles. The summed E-state index contributed by atoms with van der Waals surface area (Å²) in [6.45, 7) is 3.99. The van der Waals surface area contributed by atoms with Gasteiger partial charge in [0.1, 0.15) is 5.82 Å². The van der Waals surface area contributed by atoms with Gasteiger partial charge in [0.2, 0.25) is 5.91 Å². The van der Waals surface area contributed by atoms with Crippen LogP contribution in [0.5, 0.6) is 0 Å². The van der Waals surface area contributed by atoms with E-state index in [1.165, 1.54) is 0 Å². The van der Waals surface area contributed by atoms with E-state index in [4.69, 9.17) is 9.72 Å². The zero-order valence-corrected chi connectivity index (χ0v) is 17.6. The van der Waals surface area contributed by atoms with Gasteiger partial charge in [-0.3, -0.25) is 14.5 Å². The number of carbonyl (C=O) groups excluding carboxylic acids is 1. The van der Waals surface area contributed by atoms with Gasteiger partial charge in [-0.1, -0.05) is 12.2 Å². The zero-order valence-electron chi connectivity index (χ0n) is 17.6. The second-order valence-corrected chi connectivity index (χ2v) is 9.16. The SMILES string of the molecule is O=C(C[C@@H]1C=CCC1)N1CCC[C@@H]1c1nc2c(c(=O)[nH]1)CN(C1CCOCC1)CC2. The normalized spacial score (nSPS) is 27.5. The number of amides is 1. The molecule has 0 bridgehead atoms. The van der Waals surface area contributed by atoms with Crippen molar-refractivity contribution in [1.82, 2.24) is 19.8 Å². The van der Waals surface area contributed by atoms with Crippen molar-refractivity contribution in [1.29, 1.82) is 0 Å². The second kappa shape index (κ2) is 8.63. The van der Waals surface area contributed by atoms with Gasteiger partial charge < -0.3 is 14.6 Å². The lowest BCUT2D eigenvalue weighted by molar-refractivity contribution is -0.133. The van der Waals surface area contributed by atoms with Crippen LogP contribution in [0.3, 0.4) is 0 Å². The number of hydrogen-bond acceptors (Lipinski definition) is 5. The molecule has 1 amide bonds. The smallest absolute Gasteiger partial charge is 0.255 e. The fourth-order valence-electron chi connectivity index (χ4n) is 5.54. The lowest BCUT2D eigenvalue weighted by Gasteiger charge is -2.37. The van der Waals surface area contributed by atoms with Crippen molar-refractivity contribution in [3.63, 3.8) is 0 Å². The topological polar surface area (TPSA) is 78.5 Å². The highest BCUT2D eigenvalue weighted by molar-refractivity contribution is 5.77. The third kappa shape index (κ3) is 3.97. The molecule has 2 fully saturated rings. The maximum absolute atomic E-state index is 13.0. The summed E-state index contributed by atoms with van der Waals surface area (Å²) in [5, 5.41) is 0. The maximum Gasteiger partial charge on any atom is 0.255 e. The van der Waals surface area contributed by atoms with E-state index in [2.05, 4.69) is 22.0 Å². The average Bonchev–Trinajstić information content (AvgIpc) is 3.46. The van der Waals surface area contributed by atoms with Gasteiger partial charge in [-0.05, 0) is 44.4 Å². The first-order chi connectivity index (χ1) is 14.7. The van der Waals surface area contributed by atoms with Crippen LogP contribution >= 0.6 is 0 Å². The van der Waals surface area contributed by atoms with Crippen LogP contribution in [0, 0.1) is 5.92 Å². The van der Waals surface area contributed by atoms with Gasteiger partial charge in [0.25, 0.3) is 5.56 Å². The van der Waals surface area contributed by atoms with E-state index in [-0.39, 0.29) is 17.5 Å². The van der Waals surface area contributed by atoms with Crippen molar-refractivity contribution in [3.05, 3.63) is 39.6 Å². The van der Waals surface area contributed by atoms with Crippen LogP contribution in [0.4, 0.5) is 0 Å². The highest BCUT2D eigenvalue weighted by Crippen LogP contribution is 2.32. The van der Waals surface area contributed by atoms with E-state index < -0.39 is 0 Å². The third-order valence-electron chi connectivity index (χ3n) is 7.26. The number of likely N-dealkylation sites (tertiary alicyclic amines) is 1. The number of ether oxygens (including phenoxy) is 1. The summed E-state index contributed by atoms with van der Waals surface area (Å²) >= 11 is 0. The lowest BCUT2D eigenvalue weighted by Crippen LogP contribution is -2.44. The molecule has 1 aromatic heterocycles. The van der Waals surface area contributed by atoms with Crippen LogP contribution in [-0.2, 0) is 22.5 Å². The van der Waals surface area contributed by atoms with E-state index in [0.717, 1.165) is 82.5 Å². The molecule has 7 heteroatoms. The number of fused-ring (bicyclic) bond motifs is 1. The highest BCUT2D eigenvalue weighted by atomic mass is 16.5. The van der Waals surface area contributed by atoms with Crippen LogP contribution < -0.4 is 5.56 Å². The minimum Gasteiger partial charge on any atom is -0.381 e. The molecule has 4 aliphatic rings. The van der Waals surface area contributed by atoms with Crippen LogP contribution in [0.25, 0.3) is 0 Å². The Labute approximate surface area is 177 Å². The summed E-state index contributed by atoms with van der Waals surface area (Å²) in [7, 11) is 0. The van der Waals surface area contributed by atoms with Gasteiger partial charge >= 0.3 is 0 Å². The molecule has 4 heterocycles. The number of nitrogens with zero attached hydrogens (tertiary/aromatic N) is 3. The Morgan fingerprint density at radius 3 is 2.87 bits per heavy atom. The minimum absolute atomic E-state index is 0.0233. The van der Waals surface area contributed by atoms with Crippen molar-refractivity contribution in [2.24, 2.45) is 5.92 Å². The van der Waals surface area contributed by atoms with Gasteiger partial charge in [-0.25, -0.2) is 4.98 Å². The molecule has 2 atom stereocenters. The fraction of sp³-hybridized carbons (Fsp3) is 0.696.